The molecule has 0 bridgehead atoms. The van der Waals surface area contributed by atoms with Crippen molar-refractivity contribution in [3.63, 3.8) is 0 Å². The number of hydrogen-bond acceptors (Lipinski definition) is 3. The zero-order valence-electron chi connectivity index (χ0n) is 16.4. The van der Waals surface area contributed by atoms with Gasteiger partial charge in [0.1, 0.15) is 17.6 Å². The third-order valence-electron chi connectivity index (χ3n) is 5.08. The quantitative estimate of drug-likeness (QED) is 0.394. The van der Waals surface area contributed by atoms with Gasteiger partial charge >= 0.3 is 0 Å². The van der Waals surface area contributed by atoms with E-state index in [0.717, 1.165) is 22.4 Å². The lowest BCUT2D eigenvalue weighted by atomic mass is 10.1. The van der Waals surface area contributed by atoms with E-state index < -0.39 is 6.04 Å². The number of halogens is 2. The molecule has 30 heavy (non-hydrogen) atoms. The van der Waals surface area contributed by atoms with E-state index in [9.17, 15) is 4.79 Å². The maximum absolute atomic E-state index is 13.1. The molecule has 0 spiro atoms. The highest BCUT2D eigenvalue weighted by molar-refractivity contribution is 6.36. The monoisotopic (exact) mass is 441 g/mol. The van der Waals surface area contributed by atoms with Crippen molar-refractivity contribution in [2.24, 2.45) is 0 Å². The summed E-state index contributed by atoms with van der Waals surface area (Å²) in [5, 5.41) is 4.13. The van der Waals surface area contributed by atoms with Gasteiger partial charge in [-0.05, 0) is 48.4 Å². The second-order valence-electron chi connectivity index (χ2n) is 6.98. The van der Waals surface area contributed by atoms with Crippen LogP contribution in [0.3, 0.4) is 0 Å². The number of carbonyl (C=O) groups excluding carboxylic acids is 1. The molecule has 5 nitrogen and oxygen atoms in total. The Labute approximate surface area is 184 Å². The van der Waals surface area contributed by atoms with Crippen molar-refractivity contribution in [1.82, 2.24) is 14.9 Å². The minimum Gasteiger partial charge on any atom is -0.467 e. The summed E-state index contributed by atoms with van der Waals surface area (Å²) in [7, 11) is 0. The molecular weight excluding hydrogens is 421 g/mol. The highest BCUT2D eigenvalue weighted by Gasteiger charge is 2.25. The Balaban J connectivity index is 1.72. The van der Waals surface area contributed by atoms with Gasteiger partial charge in [0.05, 0.1) is 23.8 Å². The number of nitrogens with one attached hydrogen (secondary N) is 1. The minimum absolute atomic E-state index is 0.0939. The Hall–Kier alpha value is -2.76. The molecule has 0 aliphatic heterocycles. The van der Waals surface area contributed by atoms with Crippen LogP contribution >= 0.6 is 23.2 Å². The molecule has 1 atom stereocenters. The number of hydrogen-bond donors (Lipinski definition) is 1. The zero-order valence-corrected chi connectivity index (χ0v) is 18.0. The van der Waals surface area contributed by atoms with E-state index in [2.05, 4.69) is 5.32 Å². The second kappa shape index (κ2) is 8.94. The number of nitrogens with zero attached hydrogens (tertiary/aromatic N) is 2. The maximum atomic E-state index is 13.1. The van der Waals surface area contributed by atoms with Crippen LogP contribution in [0.1, 0.15) is 36.5 Å². The average Bonchev–Trinajstić information content (AvgIpc) is 3.38. The van der Waals surface area contributed by atoms with E-state index in [1.807, 2.05) is 60.0 Å². The third-order valence-corrected chi connectivity index (χ3v) is 5.79. The van der Waals surface area contributed by atoms with E-state index in [0.29, 0.717) is 35.2 Å². The van der Waals surface area contributed by atoms with Crippen LogP contribution in [0.5, 0.6) is 0 Å². The number of fused-ring (bicyclic) bond motifs is 1. The van der Waals surface area contributed by atoms with Gasteiger partial charge < -0.3 is 14.3 Å². The smallest absolute Gasteiger partial charge is 0.243 e. The van der Waals surface area contributed by atoms with Crippen LogP contribution in [0.2, 0.25) is 10.0 Å². The van der Waals surface area contributed by atoms with Crippen LogP contribution in [-0.2, 0) is 17.8 Å². The van der Waals surface area contributed by atoms with Gasteiger partial charge in [-0.1, -0.05) is 48.3 Å². The minimum atomic E-state index is -0.427. The van der Waals surface area contributed by atoms with Gasteiger partial charge in [-0.2, -0.15) is 0 Å². The molecule has 0 radical (unpaired) electrons. The number of amides is 1. The Morgan fingerprint density at radius 2 is 1.87 bits per heavy atom. The van der Waals surface area contributed by atoms with Gasteiger partial charge in [0.15, 0.2) is 0 Å². The van der Waals surface area contributed by atoms with Crippen molar-refractivity contribution in [2.75, 3.05) is 0 Å². The normalized spacial score (nSPS) is 12.2. The first-order chi connectivity index (χ1) is 14.6. The molecule has 1 amide bonds. The summed E-state index contributed by atoms with van der Waals surface area (Å²) >= 11 is 12.8. The number of para-hydroxylation sites is 2. The average molecular weight is 442 g/mol. The number of aromatic nitrogens is 2. The lowest BCUT2D eigenvalue weighted by Gasteiger charge is -2.20. The van der Waals surface area contributed by atoms with Crippen molar-refractivity contribution < 1.29 is 9.21 Å². The lowest BCUT2D eigenvalue weighted by Crippen LogP contribution is -2.32. The maximum Gasteiger partial charge on any atom is 0.243 e. The van der Waals surface area contributed by atoms with Crippen LogP contribution in [0.15, 0.2) is 65.3 Å². The summed E-state index contributed by atoms with van der Waals surface area (Å²) < 4.78 is 7.32. The summed E-state index contributed by atoms with van der Waals surface area (Å²) in [6.45, 7) is 2.32. The Bertz CT molecular complexity index is 1150. The van der Waals surface area contributed by atoms with Crippen molar-refractivity contribution in [3.05, 3.63) is 88.1 Å². The molecule has 0 aliphatic rings. The summed E-state index contributed by atoms with van der Waals surface area (Å²) in [6.07, 6.45) is 2.62. The number of carbonyl (C=O) groups is 1. The summed E-state index contributed by atoms with van der Waals surface area (Å²) in [5.74, 6) is 1.35. The van der Waals surface area contributed by atoms with Crippen molar-refractivity contribution >= 4 is 40.1 Å². The lowest BCUT2D eigenvalue weighted by molar-refractivity contribution is -0.124. The molecule has 2 heterocycles. The van der Waals surface area contributed by atoms with Crippen molar-refractivity contribution in [3.8, 4) is 0 Å². The van der Waals surface area contributed by atoms with Gasteiger partial charge in [0.25, 0.3) is 0 Å². The molecule has 4 rings (SSSR count). The standard InChI is InChI=1S/C23H21Cl2N3O2/c1-2-20(23(29)26-14-15-7-6-12-30-15)28-21-11-4-3-10-19(21)27-22(28)13-16-17(24)8-5-9-18(16)25/h3-12,20H,2,13-14H2,1H3,(H,26,29). The molecule has 2 aromatic heterocycles. The Morgan fingerprint density at radius 1 is 1.10 bits per heavy atom. The summed E-state index contributed by atoms with van der Waals surface area (Å²) in [5.41, 5.74) is 2.52. The summed E-state index contributed by atoms with van der Waals surface area (Å²) in [4.78, 5) is 17.9. The Morgan fingerprint density at radius 3 is 2.57 bits per heavy atom. The van der Waals surface area contributed by atoms with E-state index >= 15 is 0 Å². The van der Waals surface area contributed by atoms with Crippen molar-refractivity contribution in [1.29, 1.82) is 0 Å². The molecule has 4 aromatic rings. The fraction of sp³-hybridized carbons (Fsp3) is 0.217. The van der Waals surface area contributed by atoms with E-state index in [1.165, 1.54) is 0 Å². The molecule has 154 valence electrons. The fourth-order valence-electron chi connectivity index (χ4n) is 3.62. The molecule has 7 heteroatoms. The predicted octanol–water partition coefficient (Wildman–Crippen LogP) is 5.79. The van der Waals surface area contributed by atoms with E-state index in [4.69, 9.17) is 32.6 Å². The number of imidazole rings is 1. The van der Waals surface area contributed by atoms with E-state index in [-0.39, 0.29) is 5.91 Å². The SMILES string of the molecule is CCC(C(=O)NCc1ccco1)n1c(Cc2c(Cl)cccc2Cl)nc2ccccc21. The highest BCUT2D eigenvalue weighted by Crippen LogP contribution is 2.30. The summed E-state index contributed by atoms with van der Waals surface area (Å²) in [6, 6.07) is 16.4. The van der Waals surface area contributed by atoms with Gasteiger partial charge in [0.2, 0.25) is 5.91 Å². The van der Waals surface area contributed by atoms with Crippen LogP contribution < -0.4 is 5.32 Å². The number of rotatable bonds is 7. The molecule has 1 unspecified atom stereocenters. The van der Waals surface area contributed by atoms with Crippen molar-refractivity contribution in [2.45, 2.75) is 32.4 Å². The van der Waals surface area contributed by atoms with Gasteiger partial charge in [-0.15, -0.1) is 0 Å². The van der Waals surface area contributed by atoms with Gasteiger partial charge in [-0.25, -0.2) is 4.98 Å². The van der Waals surface area contributed by atoms with Crippen LogP contribution in [0, 0.1) is 0 Å². The zero-order chi connectivity index (χ0) is 21.1. The number of benzene rings is 2. The Kier molecular flexibility index (Phi) is 6.11. The molecule has 0 fully saturated rings. The van der Waals surface area contributed by atoms with Crippen LogP contribution in [0.25, 0.3) is 11.0 Å². The van der Waals surface area contributed by atoms with Crippen LogP contribution in [0.4, 0.5) is 0 Å². The first-order valence-corrected chi connectivity index (χ1v) is 10.5. The van der Waals surface area contributed by atoms with Crippen LogP contribution in [-0.4, -0.2) is 15.5 Å². The molecule has 0 aliphatic carbocycles. The first kappa shape index (κ1) is 20.5. The molecular formula is C23H21Cl2N3O2. The topological polar surface area (TPSA) is 60.1 Å². The number of furan rings is 1. The fourth-order valence-corrected chi connectivity index (χ4v) is 4.15. The molecule has 1 N–H and O–H groups in total. The first-order valence-electron chi connectivity index (χ1n) is 9.77. The van der Waals surface area contributed by atoms with E-state index in [1.54, 1.807) is 12.3 Å². The predicted molar refractivity (Wildman–Crippen MR) is 119 cm³/mol. The molecule has 0 saturated heterocycles. The molecule has 2 aromatic carbocycles. The van der Waals surface area contributed by atoms with Gasteiger partial charge in [-0.3, -0.25) is 4.79 Å². The highest BCUT2D eigenvalue weighted by atomic mass is 35.5. The second-order valence-corrected chi connectivity index (χ2v) is 7.80. The molecule has 0 saturated carbocycles. The van der Waals surface area contributed by atoms with Gasteiger partial charge in [0, 0.05) is 16.5 Å². The third kappa shape index (κ3) is 4.09. The largest absolute Gasteiger partial charge is 0.467 e.